The van der Waals surface area contributed by atoms with Crippen molar-refractivity contribution in [1.29, 1.82) is 0 Å². The summed E-state index contributed by atoms with van der Waals surface area (Å²) in [7, 11) is 1.42. The summed E-state index contributed by atoms with van der Waals surface area (Å²) in [5.41, 5.74) is -0.732. The Morgan fingerprint density at radius 2 is 2.36 bits per heavy atom. The number of likely N-dealkylation sites (tertiary alicyclic amines) is 1. The number of rotatable bonds is 3. The second kappa shape index (κ2) is 5.38. The number of nitrogens with zero attached hydrogens (tertiary/aromatic N) is 3. The maximum atomic E-state index is 13.4. The minimum Gasteiger partial charge on any atom is -0.496 e. The van der Waals surface area contributed by atoms with Crippen LogP contribution in [-0.4, -0.2) is 51.5 Å². The van der Waals surface area contributed by atoms with E-state index in [4.69, 9.17) is 4.74 Å². The fourth-order valence-electron chi connectivity index (χ4n) is 2.62. The number of hydrogen-bond acceptors (Lipinski definition) is 5. The van der Waals surface area contributed by atoms with Gasteiger partial charge in [-0.25, -0.2) is 4.39 Å². The molecule has 1 fully saturated rings. The number of H-pyrrole nitrogens is 1. The molecule has 3 rings (SSSR count). The summed E-state index contributed by atoms with van der Waals surface area (Å²) in [4.78, 5) is 14.0. The number of halogens is 1. The van der Waals surface area contributed by atoms with Gasteiger partial charge in [0.1, 0.15) is 22.9 Å². The number of hydrogen-bond donors (Lipinski definition) is 2. The summed E-state index contributed by atoms with van der Waals surface area (Å²) in [6, 6.07) is 3.77. The number of ether oxygens (including phenoxy) is 1. The highest BCUT2D eigenvalue weighted by molar-refractivity contribution is 5.97. The van der Waals surface area contributed by atoms with Crippen LogP contribution in [0.3, 0.4) is 0 Å². The van der Waals surface area contributed by atoms with Crippen LogP contribution >= 0.6 is 0 Å². The van der Waals surface area contributed by atoms with E-state index in [9.17, 15) is 14.3 Å². The van der Waals surface area contributed by atoms with Crippen LogP contribution in [-0.2, 0) is 5.60 Å². The summed E-state index contributed by atoms with van der Waals surface area (Å²) in [6.07, 6.45) is 1.76. The van der Waals surface area contributed by atoms with E-state index in [0.717, 1.165) is 6.07 Å². The Kier molecular flexibility index (Phi) is 3.53. The topological polar surface area (TPSA) is 91.3 Å². The van der Waals surface area contributed by atoms with Crippen LogP contribution in [0.15, 0.2) is 24.4 Å². The Labute approximate surface area is 125 Å². The molecule has 2 aromatic rings. The number of β-amino-alcohol motifs (C(OH)–C–C–N with tert-alkyl or cyclic N) is 1. The van der Waals surface area contributed by atoms with Crippen molar-refractivity contribution in [1.82, 2.24) is 20.3 Å². The number of carbonyl (C=O) groups is 1. The van der Waals surface area contributed by atoms with Crippen LogP contribution < -0.4 is 4.74 Å². The summed E-state index contributed by atoms with van der Waals surface area (Å²) >= 11 is 0. The molecule has 1 saturated heterocycles. The smallest absolute Gasteiger partial charge is 0.257 e. The zero-order valence-electron chi connectivity index (χ0n) is 11.9. The number of aromatic amines is 1. The lowest BCUT2D eigenvalue weighted by Gasteiger charge is -2.21. The summed E-state index contributed by atoms with van der Waals surface area (Å²) in [5.74, 6) is -0.617. The first-order valence-corrected chi connectivity index (χ1v) is 6.75. The molecule has 1 aliphatic rings. The Bertz CT molecular complexity index is 691. The van der Waals surface area contributed by atoms with Crippen molar-refractivity contribution in [3.8, 4) is 5.75 Å². The number of benzene rings is 1. The van der Waals surface area contributed by atoms with Crippen molar-refractivity contribution in [2.45, 2.75) is 12.0 Å². The first-order valence-electron chi connectivity index (χ1n) is 6.75. The average Bonchev–Trinajstić information content (AvgIpc) is 3.17. The molecular weight excluding hydrogens is 291 g/mol. The van der Waals surface area contributed by atoms with Crippen molar-refractivity contribution in [3.05, 3.63) is 41.5 Å². The van der Waals surface area contributed by atoms with Crippen molar-refractivity contribution >= 4 is 5.91 Å². The zero-order valence-corrected chi connectivity index (χ0v) is 11.9. The molecule has 2 N–H and O–H groups in total. The average molecular weight is 306 g/mol. The molecule has 1 aliphatic heterocycles. The Morgan fingerprint density at radius 1 is 1.55 bits per heavy atom. The number of carbonyl (C=O) groups excluding carboxylic acids is 1. The minimum atomic E-state index is -1.25. The van der Waals surface area contributed by atoms with E-state index in [1.165, 1.54) is 30.3 Å². The predicted molar refractivity (Wildman–Crippen MR) is 73.8 cm³/mol. The molecule has 0 bridgehead atoms. The minimum absolute atomic E-state index is 0.0675. The number of amides is 1. The maximum absolute atomic E-state index is 13.4. The monoisotopic (exact) mass is 306 g/mol. The van der Waals surface area contributed by atoms with E-state index >= 15 is 0 Å². The quantitative estimate of drug-likeness (QED) is 0.870. The molecule has 0 saturated carbocycles. The van der Waals surface area contributed by atoms with Gasteiger partial charge >= 0.3 is 0 Å². The molecule has 22 heavy (non-hydrogen) atoms. The zero-order chi connectivity index (χ0) is 15.7. The molecule has 1 unspecified atom stereocenters. The third-order valence-electron chi connectivity index (χ3n) is 3.82. The van der Waals surface area contributed by atoms with E-state index < -0.39 is 17.3 Å². The predicted octanol–water partition coefficient (Wildman–Crippen LogP) is 0.686. The summed E-state index contributed by atoms with van der Waals surface area (Å²) in [5, 5.41) is 20.6. The molecule has 116 valence electrons. The number of nitrogens with one attached hydrogen (secondary N) is 1. The molecule has 1 aromatic heterocycles. The molecule has 1 atom stereocenters. The first kappa shape index (κ1) is 14.5. The van der Waals surface area contributed by atoms with Crippen LogP contribution in [0.25, 0.3) is 0 Å². The summed E-state index contributed by atoms with van der Waals surface area (Å²) in [6.45, 7) is 0.403. The van der Waals surface area contributed by atoms with Gasteiger partial charge in [-0.15, -0.1) is 0 Å². The fraction of sp³-hybridized carbons (Fsp3) is 0.357. The molecular formula is C14H15FN4O3. The van der Waals surface area contributed by atoms with Crippen LogP contribution in [0.4, 0.5) is 4.39 Å². The van der Waals surface area contributed by atoms with Gasteiger partial charge in [0.05, 0.1) is 25.4 Å². The van der Waals surface area contributed by atoms with Crippen molar-refractivity contribution in [3.63, 3.8) is 0 Å². The molecule has 8 heteroatoms. The third-order valence-corrected chi connectivity index (χ3v) is 3.82. The Morgan fingerprint density at radius 3 is 3.05 bits per heavy atom. The largest absolute Gasteiger partial charge is 0.496 e. The van der Waals surface area contributed by atoms with Crippen LogP contribution in [0, 0.1) is 5.82 Å². The number of aliphatic hydroxyl groups is 1. The lowest BCUT2D eigenvalue weighted by atomic mass is 10.00. The van der Waals surface area contributed by atoms with Gasteiger partial charge < -0.3 is 14.7 Å². The molecule has 0 aliphatic carbocycles. The van der Waals surface area contributed by atoms with Gasteiger partial charge in [-0.1, -0.05) is 0 Å². The highest BCUT2D eigenvalue weighted by atomic mass is 19.1. The van der Waals surface area contributed by atoms with E-state index in [-0.39, 0.29) is 12.1 Å². The van der Waals surface area contributed by atoms with E-state index in [1.54, 1.807) is 0 Å². The van der Waals surface area contributed by atoms with Gasteiger partial charge in [0.25, 0.3) is 5.91 Å². The second-order valence-electron chi connectivity index (χ2n) is 5.21. The Balaban J connectivity index is 1.84. The molecule has 1 amide bonds. The molecule has 0 radical (unpaired) electrons. The van der Waals surface area contributed by atoms with E-state index in [1.807, 2.05) is 0 Å². The fourth-order valence-corrected chi connectivity index (χ4v) is 2.62. The number of methoxy groups -OCH3 is 1. The Hall–Kier alpha value is -2.48. The van der Waals surface area contributed by atoms with E-state index in [0.29, 0.717) is 24.4 Å². The normalized spacial score (nSPS) is 21.1. The van der Waals surface area contributed by atoms with Crippen molar-refractivity contribution < 1.29 is 19.0 Å². The SMILES string of the molecule is COc1ccc(F)cc1C(=O)N1CCC(O)(c2cn[nH]n2)C1. The van der Waals surface area contributed by atoms with Gasteiger partial charge in [-0.2, -0.15) is 15.4 Å². The van der Waals surface area contributed by atoms with Gasteiger partial charge in [0, 0.05) is 13.0 Å². The lowest BCUT2D eigenvalue weighted by molar-refractivity contribution is 0.0381. The van der Waals surface area contributed by atoms with Gasteiger partial charge in [0.2, 0.25) is 0 Å². The highest BCUT2D eigenvalue weighted by Crippen LogP contribution is 2.32. The first-order chi connectivity index (χ1) is 10.5. The third kappa shape index (κ3) is 2.41. The van der Waals surface area contributed by atoms with Crippen LogP contribution in [0.1, 0.15) is 22.5 Å². The second-order valence-corrected chi connectivity index (χ2v) is 5.21. The standard InChI is InChI=1S/C14H15FN4O3/c1-22-11-3-2-9(15)6-10(11)13(20)19-5-4-14(21,8-19)12-7-16-18-17-12/h2-3,6-7,21H,4-5,8H2,1H3,(H,16,17,18). The highest BCUT2D eigenvalue weighted by Gasteiger charge is 2.42. The van der Waals surface area contributed by atoms with Gasteiger partial charge in [-0.3, -0.25) is 4.79 Å². The van der Waals surface area contributed by atoms with Crippen molar-refractivity contribution in [2.75, 3.05) is 20.2 Å². The van der Waals surface area contributed by atoms with Crippen molar-refractivity contribution in [2.24, 2.45) is 0 Å². The summed E-state index contributed by atoms with van der Waals surface area (Å²) < 4.78 is 18.5. The van der Waals surface area contributed by atoms with Gasteiger partial charge in [0.15, 0.2) is 0 Å². The molecule has 1 aromatic carbocycles. The molecule has 7 nitrogen and oxygen atoms in total. The maximum Gasteiger partial charge on any atom is 0.257 e. The van der Waals surface area contributed by atoms with Crippen LogP contribution in [0.2, 0.25) is 0 Å². The van der Waals surface area contributed by atoms with E-state index in [2.05, 4.69) is 15.4 Å². The number of aromatic nitrogens is 3. The van der Waals surface area contributed by atoms with Gasteiger partial charge in [-0.05, 0) is 18.2 Å². The lowest BCUT2D eigenvalue weighted by Crippen LogP contribution is -2.34. The van der Waals surface area contributed by atoms with Crippen LogP contribution in [0.5, 0.6) is 5.75 Å². The molecule has 0 spiro atoms. The molecule has 2 heterocycles.